The highest BCUT2D eigenvalue weighted by atomic mass is 35.5. The third-order valence-electron chi connectivity index (χ3n) is 3.56. The molecule has 2 rings (SSSR count). The Kier molecular flexibility index (Phi) is 5.38. The molecule has 1 amide bonds. The van der Waals surface area contributed by atoms with Gasteiger partial charge in [-0.15, -0.1) is 11.6 Å². The van der Waals surface area contributed by atoms with Crippen LogP contribution in [-0.4, -0.2) is 35.9 Å². The number of hydrogen-bond acceptors (Lipinski definition) is 2. The van der Waals surface area contributed by atoms with Crippen molar-refractivity contribution in [1.29, 1.82) is 0 Å². The van der Waals surface area contributed by atoms with Crippen LogP contribution >= 0.6 is 11.6 Å². The summed E-state index contributed by atoms with van der Waals surface area (Å²) in [5.41, 5.74) is 1.38. The van der Waals surface area contributed by atoms with Crippen molar-refractivity contribution in [3.8, 4) is 0 Å². The molecule has 0 saturated carbocycles. The summed E-state index contributed by atoms with van der Waals surface area (Å²) >= 11 is 5.67. The van der Waals surface area contributed by atoms with Gasteiger partial charge in [-0.2, -0.15) is 0 Å². The van der Waals surface area contributed by atoms with Crippen molar-refractivity contribution in [3.05, 3.63) is 35.1 Å². The highest BCUT2D eigenvalue weighted by molar-refractivity contribution is 6.27. The van der Waals surface area contributed by atoms with Gasteiger partial charge in [0.2, 0.25) is 5.91 Å². The van der Waals surface area contributed by atoms with E-state index in [-0.39, 0.29) is 30.2 Å². The van der Waals surface area contributed by atoms with Gasteiger partial charge in [0, 0.05) is 18.7 Å². The van der Waals surface area contributed by atoms with Crippen molar-refractivity contribution in [1.82, 2.24) is 4.90 Å². The number of amides is 1. The molecule has 1 unspecified atom stereocenters. The van der Waals surface area contributed by atoms with Gasteiger partial charge in [-0.3, -0.25) is 4.79 Å². The van der Waals surface area contributed by atoms with Crippen molar-refractivity contribution >= 4 is 17.5 Å². The molecule has 1 aliphatic heterocycles. The van der Waals surface area contributed by atoms with Gasteiger partial charge in [-0.1, -0.05) is 12.1 Å². The SMILES string of the molecule is Cc1ccc(CN(C(=O)CCl)C2CCCOC2)c(F)c1. The van der Waals surface area contributed by atoms with Crippen LogP contribution in [0.4, 0.5) is 4.39 Å². The van der Waals surface area contributed by atoms with Crippen LogP contribution in [0, 0.1) is 12.7 Å². The number of ether oxygens (including phenoxy) is 1. The fraction of sp³-hybridized carbons (Fsp3) is 0.533. The minimum atomic E-state index is -0.283. The molecule has 1 saturated heterocycles. The quantitative estimate of drug-likeness (QED) is 0.800. The Bertz CT molecular complexity index is 475. The first-order valence-electron chi connectivity index (χ1n) is 6.80. The second kappa shape index (κ2) is 7.04. The second-order valence-electron chi connectivity index (χ2n) is 5.12. The van der Waals surface area contributed by atoms with Gasteiger partial charge in [0.15, 0.2) is 0 Å². The Morgan fingerprint density at radius 1 is 1.55 bits per heavy atom. The van der Waals surface area contributed by atoms with Crippen molar-refractivity contribution in [2.45, 2.75) is 32.4 Å². The van der Waals surface area contributed by atoms with E-state index in [1.165, 1.54) is 6.07 Å². The van der Waals surface area contributed by atoms with Gasteiger partial charge in [-0.05, 0) is 31.4 Å². The summed E-state index contributed by atoms with van der Waals surface area (Å²) in [7, 11) is 0. The number of benzene rings is 1. The maximum absolute atomic E-state index is 13.9. The van der Waals surface area contributed by atoms with E-state index < -0.39 is 0 Å². The lowest BCUT2D eigenvalue weighted by atomic mass is 10.1. The summed E-state index contributed by atoms with van der Waals surface area (Å²) in [5.74, 6) is -0.555. The van der Waals surface area contributed by atoms with Crippen LogP contribution < -0.4 is 0 Å². The van der Waals surface area contributed by atoms with E-state index in [4.69, 9.17) is 16.3 Å². The highest BCUT2D eigenvalue weighted by Gasteiger charge is 2.26. The van der Waals surface area contributed by atoms with Crippen LogP contribution in [0.3, 0.4) is 0 Å². The first-order chi connectivity index (χ1) is 9.61. The normalized spacial score (nSPS) is 18.9. The zero-order valence-corrected chi connectivity index (χ0v) is 12.3. The number of halogens is 2. The third-order valence-corrected chi connectivity index (χ3v) is 3.79. The van der Waals surface area contributed by atoms with Crippen LogP contribution in [-0.2, 0) is 16.1 Å². The number of rotatable bonds is 4. The van der Waals surface area contributed by atoms with Gasteiger partial charge in [0.1, 0.15) is 11.7 Å². The lowest BCUT2D eigenvalue weighted by Crippen LogP contribution is -2.45. The van der Waals surface area contributed by atoms with E-state index in [1.54, 1.807) is 11.0 Å². The first-order valence-corrected chi connectivity index (χ1v) is 7.33. The minimum Gasteiger partial charge on any atom is -0.379 e. The smallest absolute Gasteiger partial charge is 0.238 e. The first kappa shape index (κ1) is 15.3. The van der Waals surface area contributed by atoms with Crippen LogP contribution in [0.1, 0.15) is 24.0 Å². The fourth-order valence-electron chi connectivity index (χ4n) is 2.43. The highest BCUT2D eigenvalue weighted by Crippen LogP contribution is 2.19. The van der Waals surface area contributed by atoms with E-state index >= 15 is 0 Å². The molecule has 0 spiro atoms. The Morgan fingerprint density at radius 2 is 2.35 bits per heavy atom. The maximum Gasteiger partial charge on any atom is 0.238 e. The van der Waals surface area contributed by atoms with Gasteiger partial charge >= 0.3 is 0 Å². The van der Waals surface area contributed by atoms with Crippen molar-refractivity contribution < 1.29 is 13.9 Å². The van der Waals surface area contributed by atoms with Crippen LogP contribution in [0.2, 0.25) is 0 Å². The van der Waals surface area contributed by atoms with Crippen molar-refractivity contribution in [3.63, 3.8) is 0 Å². The molecular weight excluding hydrogens is 281 g/mol. The number of alkyl halides is 1. The predicted octanol–water partition coefficient (Wildman–Crippen LogP) is 2.88. The number of aryl methyl sites for hydroxylation is 1. The van der Waals surface area contributed by atoms with E-state index in [1.807, 2.05) is 13.0 Å². The lowest BCUT2D eigenvalue weighted by Gasteiger charge is -2.34. The largest absolute Gasteiger partial charge is 0.379 e. The van der Waals surface area contributed by atoms with Crippen LogP contribution in [0.25, 0.3) is 0 Å². The number of nitrogens with zero attached hydrogens (tertiary/aromatic N) is 1. The Hall–Kier alpha value is -1.13. The third kappa shape index (κ3) is 3.70. The zero-order valence-electron chi connectivity index (χ0n) is 11.6. The van der Waals surface area contributed by atoms with Crippen LogP contribution in [0.15, 0.2) is 18.2 Å². The summed E-state index contributed by atoms with van der Waals surface area (Å²) in [6.07, 6.45) is 1.78. The summed E-state index contributed by atoms with van der Waals surface area (Å²) < 4.78 is 19.4. The second-order valence-corrected chi connectivity index (χ2v) is 5.39. The van der Waals surface area contributed by atoms with Crippen LogP contribution in [0.5, 0.6) is 0 Å². The maximum atomic E-state index is 13.9. The molecule has 1 heterocycles. The number of carbonyl (C=O) groups excluding carboxylic acids is 1. The van der Waals surface area contributed by atoms with Gasteiger partial charge in [0.25, 0.3) is 0 Å². The number of hydrogen-bond donors (Lipinski definition) is 0. The summed E-state index contributed by atoms with van der Waals surface area (Å²) in [5, 5.41) is 0. The van der Waals surface area contributed by atoms with Gasteiger partial charge < -0.3 is 9.64 Å². The molecule has 0 aromatic heterocycles. The molecule has 0 N–H and O–H groups in total. The summed E-state index contributed by atoms with van der Waals surface area (Å²) in [4.78, 5) is 13.6. The molecule has 0 radical (unpaired) electrons. The standard InChI is InChI=1S/C15H19ClFNO2/c1-11-4-5-12(14(17)7-11)9-18(15(19)8-16)13-3-2-6-20-10-13/h4-5,7,13H,2-3,6,8-10H2,1H3. The summed E-state index contributed by atoms with van der Waals surface area (Å²) in [6.45, 7) is 3.30. The number of carbonyl (C=O) groups is 1. The molecule has 0 aliphatic carbocycles. The molecule has 1 aromatic carbocycles. The molecule has 1 aliphatic rings. The molecule has 5 heteroatoms. The monoisotopic (exact) mass is 299 g/mol. The molecule has 20 heavy (non-hydrogen) atoms. The molecule has 110 valence electrons. The van der Waals surface area contributed by atoms with E-state index in [0.717, 1.165) is 25.0 Å². The van der Waals surface area contributed by atoms with Crippen molar-refractivity contribution in [2.24, 2.45) is 0 Å². The predicted molar refractivity (Wildman–Crippen MR) is 76.2 cm³/mol. The summed E-state index contributed by atoms with van der Waals surface area (Å²) in [6, 6.07) is 5.04. The lowest BCUT2D eigenvalue weighted by molar-refractivity contribution is -0.134. The Morgan fingerprint density at radius 3 is 2.95 bits per heavy atom. The zero-order chi connectivity index (χ0) is 14.5. The average molecular weight is 300 g/mol. The average Bonchev–Trinajstić information content (AvgIpc) is 2.46. The van der Waals surface area contributed by atoms with Gasteiger partial charge in [-0.25, -0.2) is 4.39 Å². The molecule has 1 fully saturated rings. The van der Waals surface area contributed by atoms with Crippen molar-refractivity contribution in [2.75, 3.05) is 19.1 Å². The minimum absolute atomic E-state index is 0.0179. The molecular formula is C15H19ClFNO2. The Labute approximate surface area is 123 Å². The van der Waals surface area contributed by atoms with E-state index in [9.17, 15) is 9.18 Å². The Balaban J connectivity index is 2.16. The molecule has 1 atom stereocenters. The molecule has 1 aromatic rings. The molecule has 3 nitrogen and oxygen atoms in total. The van der Waals surface area contributed by atoms with E-state index in [0.29, 0.717) is 12.2 Å². The topological polar surface area (TPSA) is 29.5 Å². The fourth-order valence-corrected chi connectivity index (χ4v) is 2.58. The molecule has 0 bridgehead atoms. The van der Waals surface area contributed by atoms with Gasteiger partial charge in [0.05, 0.1) is 12.6 Å². The van der Waals surface area contributed by atoms with E-state index in [2.05, 4.69) is 0 Å².